The number of aliphatic hydroxyl groups is 1. The number of nitriles is 1. The van der Waals surface area contributed by atoms with Crippen molar-refractivity contribution < 1.29 is 5.11 Å². The Labute approximate surface area is 87.8 Å². The molecule has 3 heteroatoms. The summed E-state index contributed by atoms with van der Waals surface area (Å²) in [6.07, 6.45) is 1.02. The second kappa shape index (κ2) is 2.82. The van der Waals surface area contributed by atoms with Crippen molar-refractivity contribution in [1.29, 1.82) is 5.26 Å². The van der Waals surface area contributed by atoms with Gasteiger partial charge in [0.05, 0.1) is 12.2 Å². The normalized spacial score (nSPS) is 28.4. The first-order valence-electron chi connectivity index (χ1n) is 4.66. The van der Waals surface area contributed by atoms with Gasteiger partial charge in [0.25, 0.3) is 0 Å². The molecule has 0 bridgehead atoms. The predicted octanol–water partition coefficient (Wildman–Crippen LogP) is 2.28. The average molecular weight is 207 g/mol. The van der Waals surface area contributed by atoms with Crippen LogP contribution >= 0.6 is 11.3 Å². The molecule has 0 saturated heterocycles. The van der Waals surface area contributed by atoms with Crippen LogP contribution in [-0.2, 0) is 5.41 Å². The van der Waals surface area contributed by atoms with Crippen molar-refractivity contribution in [3.63, 3.8) is 0 Å². The Morgan fingerprint density at radius 2 is 2.29 bits per heavy atom. The third-order valence-electron chi connectivity index (χ3n) is 3.38. The highest BCUT2D eigenvalue weighted by Crippen LogP contribution is 2.64. The van der Waals surface area contributed by atoms with Crippen LogP contribution in [0.1, 0.15) is 30.7 Å². The Kier molecular flexibility index (Phi) is 1.95. The van der Waals surface area contributed by atoms with Gasteiger partial charge in [-0.3, -0.25) is 0 Å². The van der Waals surface area contributed by atoms with Crippen molar-refractivity contribution in [1.82, 2.24) is 0 Å². The van der Waals surface area contributed by atoms with Crippen LogP contribution in [0, 0.1) is 16.7 Å². The SMILES string of the molecule is CC1(C)CC1(CO)c1cc(C#N)cs1. The topological polar surface area (TPSA) is 44.0 Å². The minimum absolute atomic E-state index is 0.0766. The van der Waals surface area contributed by atoms with Crippen LogP contribution in [0.3, 0.4) is 0 Å². The molecule has 0 spiro atoms. The lowest BCUT2D eigenvalue weighted by Crippen LogP contribution is -2.17. The molecule has 1 atom stereocenters. The van der Waals surface area contributed by atoms with Gasteiger partial charge in [0.15, 0.2) is 0 Å². The van der Waals surface area contributed by atoms with Crippen LogP contribution in [0.25, 0.3) is 0 Å². The van der Waals surface area contributed by atoms with E-state index in [1.807, 2.05) is 11.4 Å². The maximum atomic E-state index is 9.45. The molecule has 2 rings (SSSR count). The van der Waals surface area contributed by atoms with E-state index < -0.39 is 0 Å². The van der Waals surface area contributed by atoms with E-state index in [0.29, 0.717) is 5.56 Å². The van der Waals surface area contributed by atoms with Crippen molar-refractivity contribution in [3.8, 4) is 6.07 Å². The van der Waals surface area contributed by atoms with E-state index in [0.717, 1.165) is 11.3 Å². The number of hydrogen-bond acceptors (Lipinski definition) is 3. The Bertz CT molecular complexity index is 402. The number of nitrogens with zero attached hydrogens (tertiary/aromatic N) is 1. The molecule has 1 N–H and O–H groups in total. The highest BCUT2D eigenvalue weighted by atomic mass is 32.1. The van der Waals surface area contributed by atoms with Crippen molar-refractivity contribution in [2.24, 2.45) is 5.41 Å². The molecular weight excluding hydrogens is 194 g/mol. The molecule has 0 aliphatic heterocycles. The standard InChI is InChI=1S/C11H13NOS/c1-10(2)6-11(10,7-13)9-3-8(4-12)5-14-9/h3,5,13H,6-7H2,1-2H3. The molecule has 1 aliphatic carbocycles. The summed E-state index contributed by atoms with van der Waals surface area (Å²) in [6.45, 7) is 4.51. The van der Waals surface area contributed by atoms with E-state index >= 15 is 0 Å². The molecule has 0 aromatic carbocycles. The Morgan fingerprint density at radius 3 is 2.64 bits per heavy atom. The van der Waals surface area contributed by atoms with Gasteiger partial charge in [-0.2, -0.15) is 5.26 Å². The molecule has 0 amide bonds. The van der Waals surface area contributed by atoms with E-state index in [1.165, 1.54) is 0 Å². The van der Waals surface area contributed by atoms with Crippen LogP contribution < -0.4 is 0 Å². The lowest BCUT2D eigenvalue weighted by molar-refractivity contribution is 0.233. The minimum Gasteiger partial charge on any atom is -0.395 e. The molecule has 1 unspecified atom stereocenters. The summed E-state index contributed by atoms with van der Waals surface area (Å²) in [5, 5.41) is 20.0. The molecule has 1 aliphatic rings. The van der Waals surface area contributed by atoms with Gasteiger partial charge >= 0.3 is 0 Å². The second-order valence-electron chi connectivity index (χ2n) is 4.61. The minimum atomic E-state index is -0.0766. The smallest absolute Gasteiger partial charge is 0.100 e. The number of hydrogen-bond donors (Lipinski definition) is 1. The molecule has 1 saturated carbocycles. The van der Waals surface area contributed by atoms with E-state index in [-0.39, 0.29) is 17.4 Å². The summed E-state index contributed by atoms with van der Waals surface area (Å²) in [5.74, 6) is 0. The first-order valence-corrected chi connectivity index (χ1v) is 5.54. The molecule has 1 heterocycles. The van der Waals surface area contributed by atoms with Crippen LogP contribution in [0.2, 0.25) is 0 Å². The Morgan fingerprint density at radius 1 is 1.64 bits per heavy atom. The van der Waals surface area contributed by atoms with Gasteiger partial charge in [0.1, 0.15) is 6.07 Å². The van der Waals surface area contributed by atoms with Crippen LogP contribution in [0.15, 0.2) is 11.4 Å². The highest BCUT2D eigenvalue weighted by molar-refractivity contribution is 7.10. The first-order chi connectivity index (χ1) is 6.55. The summed E-state index contributed by atoms with van der Waals surface area (Å²) in [7, 11) is 0. The zero-order valence-corrected chi connectivity index (χ0v) is 9.19. The van der Waals surface area contributed by atoms with E-state index in [4.69, 9.17) is 5.26 Å². The fourth-order valence-corrected chi connectivity index (χ4v) is 3.33. The van der Waals surface area contributed by atoms with Crippen LogP contribution in [0.5, 0.6) is 0 Å². The van der Waals surface area contributed by atoms with Crippen molar-refractivity contribution >= 4 is 11.3 Å². The summed E-state index contributed by atoms with van der Waals surface area (Å²) in [6, 6.07) is 4.04. The predicted molar refractivity (Wildman–Crippen MR) is 56.2 cm³/mol. The van der Waals surface area contributed by atoms with Gasteiger partial charge < -0.3 is 5.11 Å². The van der Waals surface area contributed by atoms with E-state index in [1.54, 1.807) is 11.3 Å². The Hall–Kier alpha value is -0.850. The fraction of sp³-hybridized carbons (Fsp3) is 0.545. The quantitative estimate of drug-likeness (QED) is 0.808. The number of rotatable bonds is 2. The molecule has 1 fully saturated rings. The zero-order valence-electron chi connectivity index (χ0n) is 8.37. The lowest BCUT2D eigenvalue weighted by atomic mass is 9.95. The van der Waals surface area contributed by atoms with Crippen LogP contribution in [0.4, 0.5) is 0 Å². The molecule has 1 aromatic heterocycles. The summed E-state index contributed by atoms with van der Waals surface area (Å²) >= 11 is 1.59. The molecule has 1 aromatic rings. The maximum Gasteiger partial charge on any atom is 0.100 e. The van der Waals surface area contributed by atoms with Crippen molar-refractivity contribution in [2.75, 3.05) is 6.61 Å². The summed E-state index contributed by atoms with van der Waals surface area (Å²) in [4.78, 5) is 1.15. The van der Waals surface area contributed by atoms with Crippen molar-refractivity contribution in [3.05, 3.63) is 21.9 Å². The number of aliphatic hydroxyl groups excluding tert-OH is 1. The highest BCUT2D eigenvalue weighted by Gasteiger charge is 2.62. The molecule has 2 nitrogen and oxygen atoms in total. The maximum absolute atomic E-state index is 9.45. The van der Waals surface area contributed by atoms with E-state index in [2.05, 4.69) is 19.9 Å². The molecule has 74 valence electrons. The van der Waals surface area contributed by atoms with Gasteiger partial charge in [-0.1, -0.05) is 13.8 Å². The third-order valence-corrected chi connectivity index (χ3v) is 4.52. The summed E-state index contributed by atoms with van der Waals surface area (Å²) < 4.78 is 0. The summed E-state index contributed by atoms with van der Waals surface area (Å²) in [5.41, 5.74) is 0.812. The van der Waals surface area contributed by atoms with Gasteiger partial charge in [-0.05, 0) is 17.9 Å². The monoisotopic (exact) mass is 207 g/mol. The van der Waals surface area contributed by atoms with Gasteiger partial charge in [-0.15, -0.1) is 11.3 Å². The average Bonchev–Trinajstić information content (AvgIpc) is 2.57. The number of thiophene rings is 1. The van der Waals surface area contributed by atoms with Crippen LogP contribution in [-0.4, -0.2) is 11.7 Å². The third kappa shape index (κ3) is 1.11. The molecule has 0 radical (unpaired) electrons. The zero-order chi connectivity index (χ0) is 10.4. The lowest BCUT2D eigenvalue weighted by Gasteiger charge is -2.15. The Balaban J connectivity index is 2.36. The fourth-order valence-electron chi connectivity index (χ4n) is 2.12. The van der Waals surface area contributed by atoms with Crippen molar-refractivity contribution in [2.45, 2.75) is 25.7 Å². The second-order valence-corrected chi connectivity index (χ2v) is 5.52. The molecular formula is C11H13NOS. The van der Waals surface area contributed by atoms with E-state index in [9.17, 15) is 5.11 Å². The first kappa shape index (κ1) is 9.70. The molecule has 14 heavy (non-hydrogen) atoms. The largest absolute Gasteiger partial charge is 0.395 e. The van der Waals surface area contributed by atoms with Gasteiger partial charge in [0, 0.05) is 15.7 Å². The van der Waals surface area contributed by atoms with Gasteiger partial charge in [0.2, 0.25) is 0 Å². The van der Waals surface area contributed by atoms with Gasteiger partial charge in [-0.25, -0.2) is 0 Å².